The second kappa shape index (κ2) is 16.0. The molecule has 3 aliphatic heterocycles. The molecule has 296 valence electrons. The second-order valence-corrected chi connectivity index (χ2v) is 15.4. The first-order chi connectivity index (χ1) is 29.6. The summed E-state index contributed by atoms with van der Waals surface area (Å²) in [6.07, 6.45) is 7.48. The maximum Gasteiger partial charge on any atom is 0.494 e. The third-order valence-electron chi connectivity index (χ3n) is 11.9. The van der Waals surface area contributed by atoms with Gasteiger partial charge in [0.1, 0.15) is 0 Å². The van der Waals surface area contributed by atoms with Crippen molar-refractivity contribution in [2.24, 2.45) is 0 Å². The molecular formula is C46H42B4N2O8. The van der Waals surface area contributed by atoms with Crippen LogP contribution >= 0.6 is 0 Å². The fourth-order valence-corrected chi connectivity index (χ4v) is 9.17. The summed E-state index contributed by atoms with van der Waals surface area (Å²) in [6, 6.07) is 37.1. The molecule has 5 heterocycles. The van der Waals surface area contributed by atoms with E-state index < -0.39 is 7.12 Å². The van der Waals surface area contributed by atoms with Gasteiger partial charge in [-0.05, 0) is 88.8 Å². The Kier molecular flexibility index (Phi) is 10.1. The molecule has 3 fully saturated rings. The molecule has 0 bridgehead atoms. The largest absolute Gasteiger partial charge is 0.494 e. The average molecular weight is 794 g/mol. The van der Waals surface area contributed by atoms with Crippen molar-refractivity contribution in [3.05, 3.63) is 125 Å². The van der Waals surface area contributed by atoms with Gasteiger partial charge in [-0.1, -0.05) is 78.9 Å². The van der Waals surface area contributed by atoms with Crippen molar-refractivity contribution in [1.29, 1.82) is 0 Å². The van der Waals surface area contributed by atoms with Gasteiger partial charge in [0.05, 0.1) is 61.5 Å². The van der Waals surface area contributed by atoms with Crippen LogP contribution in [0.2, 0.25) is 0 Å². The molecule has 7 aromatic rings. The first-order valence-corrected chi connectivity index (χ1v) is 20.8. The van der Waals surface area contributed by atoms with Gasteiger partial charge in [-0.2, -0.15) is 0 Å². The molecule has 3 saturated heterocycles. The van der Waals surface area contributed by atoms with Crippen molar-refractivity contribution in [1.82, 2.24) is 9.13 Å². The van der Waals surface area contributed by atoms with Crippen molar-refractivity contribution >= 4 is 89.7 Å². The van der Waals surface area contributed by atoms with Gasteiger partial charge in [0, 0.05) is 46.5 Å². The van der Waals surface area contributed by atoms with E-state index in [-0.39, 0.29) is 21.4 Å². The molecule has 0 amide bonds. The van der Waals surface area contributed by atoms with Crippen LogP contribution in [0.1, 0.15) is 13.3 Å². The van der Waals surface area contributed by atoms with Gasteiger partial charge in [0.25, 0.3) is 0 Å². The molecule has 5 aromatic carbocycles. The normalized spacial score (nSPS) is 16.8. The molecule has 11 rings (SSSR count). The summed E-state index contributed by atoms with van der Waals surface area (Å²) >= 11 is 0. The van der Waals surface area contributed by atoms with E-state index in [0.717, 1.165) is 94.1 Å². The molecule has 0 saturated carbocycles. The molecule has 14 heteroatoms. The van der Waals surface area contributed by atoms with Crippen LogP contribution in [0.3, 0.4) is 0 Å². The molecule has 4 aliphatic rings. The van der Waals surface area contributed by atoms with Gasteiger partial charge >= 0.3 is 28.5 Å². The van der Waals surface area contributed by atoms with Crippen molar-refractivity contribution in [3.63, 3.8) is 0 Å². The smallest absolute Gasteiger partial charge is 0.410 e. The zero-order valence-corrected chi connectivity index (χ0v) is 33.7. The summed E-state index contributed by atoms with van der Waals surface area (Å²) in [5, 5.41) is 5.62. The number of rotatable bonds is 10. The van der Waals surface area contributed by atoms with Crippen LogP contribution in [-0.2, 0) is 37.2 Å². The van der Waals surface area contributed by atoms with Gasteiger partial charge in [-0.3, -0.25) is 0 Å². The van der Waals surface area contributed by atoms with Crippen molar-refractivity contribution in [2.75, 3.05) is 53.4 Å². The first kappa shape index (κ1) is 37.8. The van der Waals surface area contributed by atoms with Crippen LogP contribution in [-0.4, -0.2) is 91.0 Å². The van der Waals surface area contributed by atoms with E-state index in [1.54, 1.807) is 7.11 Å². The fourth-order valence-electron chi connectivity index (χ4n) is 9.17. The van der Waals surface area contributed by atoms with E-state index in [2.05, 4.69) is 130 Å². The SMILES string of the molecule is CCOB(OC)c1ccc2c(c1)c1c(n2-c2ccc(-c3ccc(-n4c5ccc(B6OCCO6)cc5c5cc(B6OCCO6)ccc54)cc3)cc2)=CCC=C(B2OCCO2)C=1. The molecule has 0 atom stereocenters. The lowest BCUT2D eigenvalue weighted by atomic mass is 9.77. The molecule has 0 radical (unpaired) electrons. The Balaban J connectivity index is 0.957. The maximum absolute atomic E-state index is 5.94. The minimum absolute atomic E-state index is 0.357. The molecule has 10 nitrogen and oxygen atoms in total. The Bertz CT molecular complexity index is 2820. The highest BCUT2D eigenvalue weighted by Crippen LogP contribution is 2.33. The van der Waals surface area contributed by atoms with Gasteiger partial charge in [-0.25, -0.2) is 0 Å². The minimum atomic E-state index is -0.454. The van der Waals surface area contributed by atoms with Crippen molar-refractivity contribution < 1.29 is 37.2 Å². The summed E-state index contributed by atoms with van der Waals surface area (Å²) in [5.74, 6) is 0. The Morgan fingerprint density at radius 3 is 1.63 bits per heavy atom. The first-order valence-electron chi connectivity index (χ1n) is 20.8. The number of benzene rings is 5. The second-order valence-electron chi connectivity index (χ2n) is 15.4. The van der Waals surface area contributed by atoms with Crippen molar-refractivity contribution in [3.8, 4) is 22.5 Å². The van der Waals surface area contributed by atoms with E-state index in [1.807, 2.05) is 6.92 Å². The molecule has 0 spiro atoms. The summed E-state index contributed by atoms with van der Waals surface area (Å²) < 4.78 is 51.8. The van der Waals surface area contributed by atoms with Gasteiger partial charge in [0.15, 0.2) is 0 Å². The van der Waals surface area contributed by atoms with Gasteiger partial charge in [0.2, 0.25) is 0 Å². The Morgan fingerprint density at radius 1 is 0.567 bits per heavy atom. The number of fused-ring (bicyclic) bond motifs is 6. The standard InChI is InChI=1S/C46H42B4N2O8/c1-3-54-47(53-2)34-11-18-44-40(28-34)39-27-33(48-55-21-22-56-48)5-4-6-43(39)51(44)37-14-7-31(8-15-37)32-9-16-38(17-10-32)52-45-19-12-35(49-57-23-24-58-49)29-41(45)42-30-36(13-20-46(42)52)50-59-25-26-60-50/h5-20,27-30H,3-4,21-26H2,1-2H3. The predicted octanol–water partition coefficient (Wildman–Crippen LogP) is 4.22. The van der Waals surface area contributed by atoms with E-state index in [0.29, 0.717) is 46.2 Å². The van der Waals surface area contributed by atoms with Crippen LogP contribution in [0.25, 0.3) is 67.4 Å². The number of nitrogens with zero attached hydrogens (tertiary/aromatic N) is 2. The quantitative estimate of drug-likeness (QED) is 0.191. The zero-order valence-electron chi connectivity index (χ0n) is 33.7. The van der Waals surface area contributed by atoms with Crippen LogP contribution in [0.15, 0.2) is 115 Å². The third kappa shape index (κ3) is 6.68. The number of hydrogen-bond donors (Lipinski definition) is 0. The molecular weight excluding hydrogens is 752 g/mol. The van der Waals surface area contributed by atoms with Crippen LogP contribution in [0, 0.1) is 0 Å². The lowest BCUT2D eigenvalue weighted by Gasteiger charge is -2.12. The van der Waals surface area contributed by atoms with E-state index >= 15 is 0 Å². The molecule has 0 unspecified atom stereocenters. The summed E-state index contributed by atoms with van der Waals surface area (Å²) in [7, 11) is 0.154. The molecule has 1 aliphatic carbocycles. The van der Waals surface area contributed by atoms with Gasteiger partial charge < -0.3 is 46.4 Å². The van der Waals surface area contributed by atoms with Crippen LogP contribution < -0.4 is 27.0 Å². The highest BCUT2D eigenvalue weighted by molar-refractivity contribution is 6.63. The summed E-state index contributed by atoms with van der Waals surface area (Å²) in [4.78, 5) is 0. The highest BCUT2D eigenvalue weighted by Gasteiger charge is 2.31. The number of hydrogen-bond acceptors (Lipinski definition) is 8. The lowest BCUT2D eigenvalue weighted by molar-refractivity contribution is 0.253. The van der Waals surface area contributed by atoms with Crippen LogP contribution in [0.4, 0.5) is 0 Å². The minimum Gasteiger partial charge on any atom is -0.410 e. The van der Waals surface area contributed by atoms with E-state index in [9.17, 15) is 0 Å². The van der Waals surface area contributed by atoms with E-state index in [4.69, 9.17) is 37.2 Å². The average Bonchev–Trinajstić information content (AvgIpc) is 4.16. The Morgan fingerprint density at radius 2 is 1.08 bits per heavy atom. The molecule has 60 heavy (non-hydrogen) atoms. The van der Waals surface area contributed by atoms with Crippen LogP contribution in [0.5, 0.6) is 0 Å². The third-order valence-corrected chi connectivity index (χ3v) is 11.9. The van der Waals surface area contributed by atoms with E-state index in [1.165, 1.54) is 0 Å². The predicted molar refractivity (Wildman–Crippen MR) is 240 cm³/mol. The topological polar surface area (TPSA) is 83.7 Å². The fraction of sp³-hybridized carbons (Fsp3) is 0.217. The molecule has 0 N–H and O–H groups in total. The number of aromatic nitrogens is 2. The highest BCUT2D eigenvalue weighted by atomic mass is 16.6. The number of allylic oxidation sites excluding steroid dienone is 2. The van der Waals surface area contributed by atoms with Gasteiger partial charge in [-0.15, -0.1) is 0 Å². The Hall–Kier alpha value is -5.14. The summed E-state index contributed by atoms with van der Waals surface area (Å²) in [5.41, 5.74) is 11.8. The lowest BCUT2D eigenvalue weighted by Crippen LogP contribution is -2.36. The monoisotopic (exact) mass is 794 g/mol. The zero-order chi connectivity index (χ0) is 40.2. The Labute approximate surface area is 349 Å². The van der Waals surface area contributed by atoms with Crippen molar-refractivity contribution in [2.45, 2.75) is 13.3 Å². The molecule has 2 aromatic heterocycles. The summed E-state index contributed by atoms with van der Waals surface area (Å²) in [6.45, 7) is 6.11. The maximum atomic E-state index is 5.94.